The molecule has 2 saturated carbocycles. The van der Waals surface area contributed by atoms with Gasteiger partial charge in [0.2, 0.25) is 0 Å². The van der Waals surface area contributed by atoms with Crippen molar-refractivity contribution in [2.24, 2.45) is 33.4 Å². The van der Waals surface area contributed by atoms with Crippen LogP contribution < -0.4 is 26.4 Å². The van der Waals surface area contributed by atoms with Gasteiger partial charge >= 0.3 is 5.97 Å². The van der Waals surface area contributed by atoms with Gasteiger partial charge in [0.1, 0.15) is 12.2 Å². The van der Waals surface area contributed by atoms with E-state index in [1.54, 1.807) is 6.07 Å². The second-order valence-electron chi connectivity index (χ2n) is 21.1. The van der Waals surface area contributed by atoms with Gasteiger partial charge in [0.15, 0.2) is 17.5 Å². The number of rotatable bonds is 2. The Morgan fingerprint density at radius 1 is 1.05 bits per heavy atom. The summed E-state index contributed by atoms with van der Waals surface area (Å²) in [5.41, 5.74) is 7.27. The van der Waals surface area contributed by atoms with Gasteiger partial charge in [0.25, 0.3) is 0 Å². The average molecular weight is 920 g/mol. The van der Waals surface area contributed by atoms with Gasteiger partial charge in [-0.3, -0.25) is 4.79 Å². The zero-order chi connectivity index (χ0) is 44.5. The fourth-order valence-electron chi connectivity index (χ4n) is 13.6. The number of piperidine rings is 2. The van der Waals surface area contributed by atoms with E-state index in [-0.39, 0.29) is 47.9 Å². The number of ether oxygens (including phenoxy) is 2. The number of phenolic OH excluding ortho intramolecular Hbond substituents is 1. The van der Waals surface area contributed by atoms with Gasteiger partial charge in [-0.1, -0.05) is 71.3 Å². The molecular weight excluding hydrogens is 847 g/mol. The molecule has 12 nitrogen and oxygen atoms in total. The van der Waals surface area contributed by atoms with E-state index in [2.05, 4.69) is 33.9 Å². The topological polar surface area (TPSA) is 191 Å². The van der Waals surface area contributed by atoms with E-state index in [9.17, 15) is 25.2 Å². The third-order valence-electron chi connectivity index (χ3n) is 16.9. The molecule has 2 saturated heterocycles. The number of nitrogens with two attached hydrogens (primary N) is 1. The Morgan fingerprint density at radius 2 is 1.89 bits per heavy atom. The maximum atomic E-state index is 12.9. The summed E-state index contributed by atoms with van der Waals surface area (Å²) in [5, 5.41) is 58.7. The number of esters is 1. The summed E-state index contributed by atoms with van der Waals surface area (Å²) in [5.74, 6) is 8.05. The minimum atomic E-state index is -1.03. The lowest BCUT2D eigenvalue weighted by atomic mass is 9.65. The normalized spacial score (nSPS) is 40.1. The summed E-state index contributed by atoms with van der Waals surface area (Å²) in [6, 6.07) is 3.12. The van der Waals surface area contributed by atoms with Crippen LogP contribution in [0.1, 0.15) is 140 Å². The largest absolute Gasteiger partial charge is 0.504 e. The molecule has 0 radical (unpaired) electrons. The van der Waals surface area contributed by atoms with E-state index in [0.29, 0.717) is 60.0 Å². The lowest BCUT2D eigenvalue weighted by molar-refractivity contribution is -0.152. The second-order valence-corrected chi connectivity index (χ2v) is 23.8. The number of carbonyl (C=O) groups excluding carboxylic acids is 1. The first-order chi connectivity index (χ1) is 30.9. The monoisotopic (exact) mass is 919 g/mol. The second kappa shape index (κ2) is 19.5. The van der Waals surface area contributed by atoms with Crippen molar-refractivity contribution in [2.75, 3.05) is 18.8 Å². The maximum Gasteiger partial charge on any atom is 0.302 e. The minimum absolute atomic E-state index is 0.0124. The lowest BCUT2D eigenvalue weighted by Crippen LogP contribution is -2.66. The number of aromatic hydroxyl groups is 1. The summed E-state index contributed by atoms with van der Waals surface area (Å²) in [4.78, 5) is 18.2. The number of nitrogens with zero attached hydrogens (tertiary/aromatic N) is 1. The summed E-state index contributed by atoms with van der Waals surface area (Å²) in [7, 11) is 4.01. The zero-order valence-corrected chi connectivity index (χ0v) is 39.5. The van der Waals surface area contributed by atoms with E-state index in [4.69, 9.17) is 20.2 Å². The van der Waals surface area contributed by atoms with Crippen molar-refractivity contribution >= 4 is 33.5 Å². The molecule has 5 heterocycles. The zero-order valence-electron chi connectivity index (χ0n) is 37.8. The van der Waals surface area contributed by atoms with Crippen molar-refractivity contribution in [2.45, 2.75) is 195 Å². The molecule has 1 aromatic carbocycles. The molecular formula is C50H73N5O7S2. The number of aliphatic imine (C=N–C) groups is 1. The van der Waals surface area contributed by atoms with Gasteiger partial charge in [-0.05, 0) is 125 Å². The number of nitrogens with one attached hydrogen (secondary N) is 3. The number of benzene rings is 1. The van der Waals surface area contributed by atoms with Crippen LogP contribution in [0.25, 0.3) is 0 Å². The predicted octanol–water partition coefficient (Wildman–Crippen LogP) is 6.16. The molecule has 1 aromatic rings. The molecule has 0 unspecified atom stereocenters. The molecule has 0 aromatic heterocycles. The number of phenols is 1. The van der Waals surface area contributed by atoms with Crippen LogP contribution in [0.15, 0.2) is 29.3 Å². The molecule has 9 aliphatic rings. The highest BCUT2D eigenvalue weighted by Crippen LogP contribution is 2.54. The van der Waals surface area contributed by atoms with Crippen molar-refractivity contribution in [3.8, 4) is 23.3 Å². The van der Waals surface area contributed by atoms with Crippen molar-refractivity contribution in [1.29, 1.82) is 0 Å². The number of hydrogen-bond acceptors (Lipinski definition) is 14. The third kappa shape index (κ3) is 9.84. The Kier molecular flexibility index (Phi) is 14.2. The molecule has 352 valence electrons. The standard InChI is InChI=1S/C50H73N5O7S2/c1-32(57)61-41-26-36(58)13-21-49-20-12-33-7-5-19-50(27-37(14-22-53-50)62-42-25-34(23-39(33)41)35(29-56)24-40(42)59)44-11-10-38(28-52-44)64-63-31-48(18-6-17-47(30-48)15-2-3-16-47)55-46(51)54-43(49)8-4-9-45(49)60/h4,8,24-25,33,36-39,41,43-45,52-53,56,58-60H,2-3,5-7,9-11,13-19,21-23,26-31H2,1H3,(H3,51,54,55)/t33-,36+,37-,38+,39+,41+,43-,44+,45+,48-,49+,50-/m1/s1. The van der Waals surface area contributed by atoms with E-state index in [0.717, 1.165) is 82.2 Å². The smallest absolute Gasteiger partial charge is 0.302 e. The molecule has 14 heteroatoms. The SMILES string of the molecule is CC(=O)O[C@H]1C[C@@H](O)CC[C@@]23C#C[C@H]4CCC[C@@]5(C[C@@H](CCN5)Oc5cc(c(CO)cc5O)C[C@H]14)[C@@H]1CC[C@@H](CN1)SSC[C@]1(CCCC4(CCCC4)C1)NC(N)=N[C@@H]2C=CC[C@@H]3O. The Balaban J connectivity index is 1.19. The van der Waals surface area contributed by atoms with Gasteiger partial charge in [0.05, 0.1) is 35.8 Å². The van der Waals surface area contributed by atoms with Crippen LogP contribution >= 0.6 is 21.6 Å². The summed E-state index contributed by atoms with van der Waals surface area (Å²) >= 11 is 0. The molecule has 64 heavy (non-hydrogen) atoms. The molecule has 10 rings (SSSR count). The summed E-state index contributed by atoms with van der Waals surface area (Å²) < 4.78 is 13.0. The first-order valence-electron chi connectivity index (χ1n) is 24.6. The Morgan fingerprint density at radius 3 is 2.69 bits per heavy atom. The Hall–Kier alpha value is -2.64. The number of carbonyl (C=O) groups is 1. The van der Waals surface area contributed by atoms with Crippen LogP contribution in [-0.2, 0) is 22.6 Å². The van der Waals surface area contributed by atoms with Crippen molar-refractivity contribution in [1.82, 2.24) is 16.0 Å². The fraction of sp³-hybridized carbons (Fsp3) is 0.760. The van der Waals surface area contributed by atoms with Crippen LogP contribution in [0.2, 0.25) is 0 Å². The number of guanidine groups is 1. The van der Waals surface area contributed by atoms with Crippen molar-refractivity contribution in [3.05, 3.63) is 35.4 Å². The van der Waals surface area contributed by atoms with E-state index in [1.807, 2.05) is 33.7 Å². The molecule has 4 fully saturated rings. The van der Waals surface area contributed by atoms with Crippen LogP contribution in [0.3, 0.4) is 0 Å². The molecule has 8 bridgehead atoms. The highest BCUT2D eigenvalue weighted by atomic mass is 33.1. The highest BCUT2D eigenvalue weighted by molar-refractivity contribution is 8.77. The van der Waals surface area contributed by atoms with Crippen LogP contribution in [-0.4, -0.2) is 104 Å². The fourth-order valence-corrected chi connectivity index (χ4v) is 16.8. The van der Waals surface area contributed by atoms with Gasteiger partial charge in [-0.25, -0.2) is 4.99 Å². The van der Waals surface area contributed by atoms with Gasteiger partial charge in [-0.2, -0.15) is 0 Å². The molecule has 5 aliphatic heterocycles. The first kappa shape index (κ1) is 46.5. The van der Waals surface area contributed by atoms with E-state index < -0.39 is 41.7 Å². The average Bonchev–Trinajstić information content (AvgIpc) is 3.71. The van der Waals surface area contributed by atoms with Gasteiger partial charge in [0, 0.05) is 60.7 Å². The number of aliphatic hydroxyl groups is 3. The van der Waals surface area contributed by atoms with E-state index in [1.165, 1.54) is 39.0 Å². The molecule has 9 N–H and O–H groups in total. The number of aliphatic hydroxyl groups excluding tert-OH is 3. The van der Waals surface area contributed by atoms with Crippen molar-refractivity contribution in [3.63, 3.8) is 0 Å². The molecule has 4 spiro atoms. The summed E-state index contributed by atoms with van der Waals surface area (Å²) in [6.07, 6.45) is 19.0. The van der Waals surface area contributed by atoms with Gasteiger partial charge < -0.3 is 51.6 Å². The van der Waals surface area contributed by atoms with Gasteiger partial charge in [-0.15, -0.1) is 0 Å². The molecule has 4 aliphatic carbocycles. The quantitative estimate of drug-likeness (QED) is 0.0730. The Labute approximate surface area is 388 Å². The predicted molar refractivity (Wildman–Crippen MR) is 254 cm³/mol. The third-order valence-corrected chi connectivity index (χ3v) is 19.9. The number of fused-ring (bicyclic) bond motifs is 8. The minimum Gasteiger partial charge on any atom is -0.504 e. The maximum absolute atomic E-state index is 12.9. The van der Waals surface area contributed by atoms with Crippen molar-refractivity contribution < 1.29 is 34.7 Å². The number of hydrogen-bond donors (Lipinski definition) is 8. The lowest BCUT2D eigenvalue weighted by Gasteiger charge is -2.50. The Bertz CT molecular complexity index is 1960. The van der Waals surface area contributed by atoms with Crippen LogP contribution in [0.5, 0.6) is 11.5 Å². The van der Waals surface area contributed by atoms with E-state index >= 15 is 0 Å². The summed E-state index contributed by atoms with van der Waals surface area (Å²) in [6.45, 7) is 2.82. The van der Waals surface area contributed by atoms with Crippen LogP contribution in [0.4, 0.5) is 0 Å². The molecule has 12 atom stereocenters. The highest BCUT2D eigenvalue weighted by Gasteiger charge is 2.50. The van der Waals surface area contributed by atoms with Crippen LogP contribution in [0, 0.1) is 34.5 Å². The first-order valence-corrected chi connectivity index (χ1v) is 27.0. The molecule has 0 amide bonds.